The summed E-state index contributed by atoms with van der Waals surface area (Å²) in [5.41, 5.74) is 3.75. The molecular formula is C24H24F3N3O3. The van der Waals surface area contributed by atoms with E-state index < -0.39 is 34.9 Å². The maximum absolute atomic E-state index is 13.8. The molecule has 2 aromatic rings. The molecule has 0 saturated heterocycles. The third-order valence-electron chi connectivity index (χ3n) is 5.78. The Hall–Kier alpha value is -3.62. The van der Waals surface area contributed by atoms with E-state index in [1.54, 1.807) is 30.3 Å². The number of likely N-dealkylation sites (N-methyl/N-ethyl adjacent to an activating group) is 1. The van der Waals surface area contributed by atoms with Crippen molar-refractivity contribution < 1.29 is 27.6 Å². The molecule has 0 radical (unpaired) electrons. The van der Waals surface area contributed by atoms with Gasteiger partial charge in [0.1, 0.15) is 5.41 Å². The monoisotopic (exact) mass is 459 g/mol. The zero-order valence-electron chi connectivity index (χ0n) is 18.4. The lowest BCUT2D eigenvalue weighted by Crippen LogP contribution is -2.56. The van der Waals surface area contributed by atoms with E-state index in [1.165, 1.54) is 38.1 Å². The lowest BCUT2D eigenvalue weighted by molar-refractivity contribution is -0.141. The van der Waals surface area contributed by atoms with Crippen LogP contribution >= 0.6 is 0 Å². The van der Waals surface area contributed by atoms with Crippen LogP contribution in [-0.4, -0.2) is 36.7 Å². The minimum Gasteiger partial charge on any atom is -0.369 e. The van der Waals surface area contributed by atoms with Crippen molar-refractivity contribution in [2.75, 3.05) is 19.0 Å². The Bertz CT molecular complexity index is 1130. The summed E-state index contributed by atoms with van der Waals surface area (Å²) in [6.45, 7) is 1.47. The number of halogens is 3. The normalized spacial score (nSPS) is 19.0. The van der Waals surface area contributed by atoms with Crippen LogP contribution in [0.15, 0.2) is 65.9 Å². The zero-order chi connectivity index (χ0) is 24.6. The van der Waals surface area contributed by atoms with Gasteiger partial charge in [-0.15, -0.1) is 0 Å². The van der Waals surface area contributed by atoms with E-state index in [2.05, 4.69) is 0 Å². The largest absolute Gasteiger partial charge is 0.416 e. The summed E-state index contributed by atoms with van der Waals surface area (Å²) >= 11 is 0. The van der Waals surface area contributed by atoms with Crippen molar-refractivity contribution >= 4 is 23.4 Å². The first-order chi connectivity index (χ1) is 15.4. The highest BCUT2D eigenvalue weighted by Crippen LogP contribution is 2.43. The highest BCUT2D eigenvalue weighted by molar-refractivity contribution is 6.16. The molecule has 3 rings (SSSR count). The number of nitrogens with two attached hydrogens (primary N) is 1. The Morgan fingerprint density at radius 2 is 1.73 bits per heavy atom. The van der Waals surface area contributed by atoms with Crippen molar-refractivity contribution in [2.24, 2.45) is 11.1 Å². The summed E-state index contributed by atoms with van der Waals surface area (Å²) in [6, 6.07) is 12.9. The molecule has 0 saturated carbocycles. The van der Waals surface area contributed by atoms with Crippen LogP contribution in [0.1, 0.15) is 24.5 Å². The van der Waals surface area contributed by atoms with Crippen molar-refractivity contribution in [1.29, 1.82) is 0 Å². The van der Waals surface area contributed by atoms with E-state index in [0.29, 0.717) is 5.56 Å². The molecule has 1 aliphatic heterocycles. The number of benzene rings is 2. The topological polar surface area (TPSA) is 83.7 Å². The van der Waals surface area contributed by atoms with E-state index in [9.17, 15) is 27.6 Å². The Kier molecular flexibility index (Phi) is 6.35. The second-order valence-electron chi connectivity index (χ2n) is 8.24. The number of anilines is 1. The maximum Gasteiger partial charge on any atom is 0.416 e. The minimum absolute atomic E-state index is 0.102. The van der Waals surface area contributed by atoms with Crippen LogP contribution in [0.5, 0.6) is 0 Å². The van der Waals surface area contributed by atoms with E-state index in [-0.39, 0.29) is 29.8 Å². The molecule has 1 atom stereocenters. The van der Waals surface area contributed by atoms with Crippen LogP contribution in [-0.2, 0) is 27.0 Å². The van der Waals surface area contributed by atoms with Gasteiger partial charge >= 0.3 is 6.18 Å². The van der Waals surface area contributed by atoms with Gasteiger partial charge < -0.3 is 10.6 Å². The number of alkyl halides is 3. The number of amides is 3. The minimum atomic E-state index is -4.64. The molecule has 1 aliphatic rings. The van der Waals surface area contributed by atoms with Crippen molar-refractivity contribution in [1.82, 2.24) is 4.90 Å². The molecule has 2 N–H and O–H groups in total. The summed E-state index contributed by atoms with van der Waals surface area (Å²) in [6.07, 6.45) is -5.00. The molecular weight excluding hydrogens is 435 g/mol. The quantitative estimate of drug-likeness (QED) is 0.695. The van der Waals surface area contributed by atoms with Crippen LogP contribution in [0.25, 0.3) is 0 Å². The van der Waals surface area contributed by atoms with Gasteiger partial charge in [0.05, 0.1) is 5.56 Å². The fourth-order valence-corrected chi connectivity index (χ4v) is 4.00. The third-order valence-corrected chi connectivity index (χ3v) is 5.78. The number of primary amides is 1. The second kappa shape index (κ2) is 8.73. The number of carbonyl (C=O) groups is 3. The highest BCUT2D eigenvalue weighted by atomic mass is 19.4. The molecule has 3 amide bonds. The van der Waals surface area contributed by atoms with Crippen molar-refractivity contribution in [3.63, 3.8) is 0 Å². The summed E-state index contributed by atoms with van der Waals surface area (Å²) in [5.74, 6) is -2.19. The average molecular weight is 459 g/mol. The molecule has 0 aliphatic carbocycles. The summed E-state index contributed by atoms with van der Waals surface area (Å²) < 4.78 is 40.1. The molecule has 6 nitrogen and oxygen atoms in total. The van der Waals surface area contributed by atoms with Gasteiger partial charge in [0.25, 0.3) is 5.91 Å². The fourth-order valence-electron chi connectivity index (χ4n) is 4.00. The number of allylic oxidation sites excluding steroid dienone is 1. The first-order valence-electron chi connectivity index (χ1n) is 10.2. The second-order valence-corrected chi connectivity index (χ2v) is 8.24. The number of hydrogen-bond acceptors (Lipinski definition) is 3. The van der Waals surface area contributed by atoms with E-state index >= 15 is 0 Å². The molecule has 1 unspecified atom stereocenters. The number of hydrogen-bond donors (Lipinski definition) is 1. The summed E-state index contributed by atoms with van der Waals surface area (Å²) in [4.78, 5) is 41.8. The molecule has 174 valence electrons. The Labute approximate surface area is 189 Å². The molecule has 2 aromatic carbocycles. The van der Waals surface area contributed by atoms with Gasteiger partial charge in [-0.3, -0.25) is 19.3 Å². The fraction of sp³-hybridized carbons (Fsp3) is 0.292. The Morgan fingerprint density at radius 1 is 1.09 bits per heavy atom. The standard InChI is InChI=1S/C24H24F3N3O3/c1-15-19(20(31)29(2)3)14-23(21(28)32,13-16-8-5-4-6-9-16)22(33)30(15)18-11-7-10-17(12-18)24(25,26)27/h4-12H,13-14H2,1-3H3,(H2,28,32). The SMILES string of the molecule is CC1=C(C(=O)N(C)C)CC(Cc2ccccc2)(C(N)=O)C(=O)N1c1cccc(C(F)(F)F)c1. The van der Waals surface area contributed by atoms with Gasteiger partial charge in [-0.1, -0.05) is 36.4 Å². The van der Waals surface area contributed by atoms with E-state index in [1.807, 2.05) is 0 Å². The molecule has 0 fully saturated rings. The van der Waals surface area contributed by atoms with Gasteiger partial charge in [-0.2, -0.15) is 13.2 Å². The van der Waals surface area contributed by atoms with Crippen LogP contribution in [0, 0.1) is 5.41 Å². The molecule has 0 aromatic heterocycles. The first kappa shape index (κ1) is 24.0. The number of rotatable bonds is 5. The zero-order valence-corrected chi connectivity index (χ0v) is 18.4. The number of carbonyl (C=O) groups excluding carboxylic acids is 3. The van der Waals surface area contributed by atoms with Gasteiger partial charge in [0.15, 0.2) is 0 Å². The van der Waals surface area contributed by atoms with Crippen LogP contribution in [0.4, 0.5) is 18.9 Å². The van der Waals surface area contributed by atoms with Gasteiger partial charge in [-0.05, 0) is 37.1 Å². The smallest absolute Gasteiger partial charge is 0.369 e. The van der Waals surface area contributed by atoms with Crippen molar-refractivity contribution in [2.45, 2.75) is 25.9 Å². The lowest BCUT2D eigenvalue weighted by atomic mass is 9.71. The molecule has 33 heavy (non-hydrogen) atoms. The lowest BCUT2D eigenvalue weighted by Gasteiger charge is -2.41. The maximum atomic E-state index is 13.8. The van der Waals surface area contributed by atoms with Crippen LogP contribution < -0.4 is 10.6 Å². The van der Waals surface area contributed by atoms with Crippen LogP contribution in [0.3, 0.4) is 0 Å². The Balaban J connectivity index is 2.25. The molecule has 0 bridgehead atoms. The first-order valence-corrected chi connectivity index (χ1v) is 10.2. The summed E-state index contributed by atoms with van der Waals surface area (Å²) in [5, 5.41) is 0. The number of nitrogens with zero attached hydrogens (tertiary/aromatic N) is 2. The highest BCUT2D eigenvalue weighted by Gasteiger charge is 2.52. The van der Waals surface area contributed by atoms with Gasteiger partial charge in [-0.25, -0.2) is 0 Å². The van der Waals surface area contributed by atoms with Crippen molar-refractivity contribution in [3.8, 4) is 0 Å². The van der Waals surface area contributed by atoms with Crippen molar-refractivity contribution in [3.05, 3.63) is 77.0 Å². The Morgan fingerprint density at radius 3 is 2.27 bits per heavy atom. The average Bonchev–Trinajstić information content (AvgIpc) is 2.75. The van der Waals surface area contributed by atoms with Gasteiger partial charge in [0, 0.05) is 37.5 Å². The predicted octanol–water partition coefficient (Wildman–Crippen LogP) is 3.52. The van der Waals surface area contributed by atoms with Gasteiger partial charge in [0.2, 0.25) is 11.8 Å². The van der Waals surface area contributed by atoms with E-state index in [0.717, 1.165) is 17.0 Å². The molecule has 9 heteroatoms. The van der Waals surface area contributed by atoms with Crippen LogP contribution in [0.2, 0.25) is 0 Å². The summed E-state index contributed by atoms with van der Waals surface area (Å²) in [7, 11) is 3.02. The molecule has 0 spiro atoms. The third kappa shape index (κ3) is 4.48. The van der Waals surface area contributed by atoms with E-state index in [4.69, 9.17) is 5.73 Å². The molecule has 1 heterocycles. The predicted molar refractivity (Wildman–Crippen MR) is 117 cm³/mol.